The number of rotatable bonds is 5. The van der Waals surface area contributed by atoms with E-state index in [4.69, 9.17) is 0 Å². The Labute approximate surface area is 135 Å². The summed E-state index contributed by atoms with van der Waals surface area (Å²) in [7, 11) is 1.97. The first-order valence-electron chi connectivity index (χ1n) is 8.45. The van der Waals surface area contributed by atoms with E-state index in [-0.39, 0.29) is 17.2 Å². The third kappa shape index (κ3) is 2.11. The van der Waals surface area contributed by atoms with Gasteiger partial charge >= 0.3 is 0 Å². The van der Waals surface area contributed by atoms with Crippen molar-refractivity contribution < 1.29 is 4.79 Å². The number of amides is 1. The monoisotopic (exact) mass is 313 g/mol. The van der Waals surface area contributed by atoms with Crippen molar-refractivity contribution in [2.24, 2.45) is 18.9 Å². The molecule has 2 aromatic heterocycles. The summed E-state index contributed by atoms with van der Waals surface area (Å²) in [5.41, 5.74) is 1.18. The number of carbonyl (C=O) groups is 1. The Morgan fingerprint density at radius 3 is 3.09 bits per heavy atom. The van der Waals surface area contributed by atoms with Gasteiger partial charge in [-0.25, -0.2) is 4.98 Å². The maximum Gasteiger partial charge on any atom is 0.229 e. The molecule has 6 nitrogen and oxygen atoms in total. The van der Waals surface area contributed by atoms with Crippen LogP contribution in [0.2, 0.25) is 0 Å². The smallest absolute Gasteiger partial charge is 0.229 e. The first-order chi connectivity index (χ1) is 11.1. The molecule has 0 aliphatic heterocycles. The lowest BCUT2D eigenvalue weighted by Gasteiger charge is -2.46. The fourth-order valence-corrected chi connectivity index (χ4v) is 4.70. The first-order valence-corrected chi connectivity index (χ1v) is 8.45. The maximum absolute atomic E-state index is 12.8. The van der Waals surface area contributed by atoms with E-state index in [1.54, 1.807) is 6.33 Å². The van der Waals surface area contributed by atoms with Crippen molar-refractivity contribution in [2.45, 2.75) is 44.6 Å². The zero-order valence-electron chi connectivity index (χ0n) is 13.7. The van der Waals surface area contributed by atoms with Gasteiger partial charge in [0.2, 0.25) is 5.91 Å². The number of anilines is 1. The summed E-state index contributed by atoms with van der Waals surface area (Å²) in [5.74, 6) is 1.33. The van der Waals surface area contributed by atoms with E-state index < -0.39 is 0 Å². The van der Waals surface area contributed by atoms with Gasteiger partial charge in [-0.15, -0.1) is 0 Å². The van der Waals surface area contributed by atoms with Crippen LogP contribution in [0, 0.1) is 11.8 Å². The highest BCUT2D eigenvalue weighted by Crippen LogP contribution is 2.64. The van der Waals surface area contributed by atoms with Crippen molar-refractivity contribution in [1.29, 1.82) is 0 Å². The number of nitrogens with zero attached hydrogens (tertiary/aromatic N) is 4. The van der Waals surface area contributed by atoms with E-state index in [1.807, 2.05) is 28.7 Å². The third-order valence-electron chi connectivity index (χ3n) is 5.63. The number of imidazole rings is 1. The summed E-state index contributed by atoms with van der Waals surface area (Å²) >= 11 is 0. The fourth-order valence-electron chi connectivity index (χ4n) is 4.70. The largest absolute Gasteiger partial charge is 0.335 e. The average molecular weight is 313 g/mol. The standard InChI is InChI=1S/C17H23N5O/c1-3-8-22-10-14(18-11-22)20-16(23)15-12-4-6-17(15,9-12)13-5-7-19-21(13)2/h5,7,10-12,15H,3-4,6,8-9H2,1-2H3,(H,20,23). The number of aryl methyl sites for hydroxylation is 2. The minimum absolute atomic E-state index is 0.0218. The molecule has 3 atom stereocenters. The van der Waals surface area contributed by atoms with Gasteiger partial charge in [-0.05, 0) is 37.7 Å². The SMILES string of the molecule is CCCn1cnc(NC(=O)C2C3CCC2(c2ccnn2C)C3)c1. The van der Waals surface area contributed by atoms with Crippen LogP contribution in [0.15, 0.2) is 24.8 Å². The molecule has 1 amide bonds. The van der Waals surface area contributed by atoms with Crippen LogP contribution in [0.25, 0.3) is 0 Å². The molecular formula is C17H23N5O. The summed E-state index contributed by atoms with van der Waals surface area (Å²) < 4.78 is 3.94. The lowest BCUT2D eigenvalue weighted by molar-refractivity contribution is -0.127. The zero-order chi connectivity index (χ0) is 16.0. The quantitative estimate of drug-likeness (QED) is 0.921. The molecule has 3 fully saturated rings. The molecule has 3 saturated carbocycles. The molecule has 2 aromatic rings. The molecule has 2 heterocycles. The van der Waals surface area contributed by atoms with Crippen molar-refractivity contribution in [1.82, 2.24) is 19.3 Å². The van der Waals surface area contributed by atoms with Crippen LogP contribution in [0.5, 0.6) is 0 Å². The number of nitrogens with one attached hydrogen (secondary N) is 1. The van der Waals surface area contributed by atoms with Gasteiger partial charge in [-0.1, -0.05) is 6.92 Å². The van der Waals surface area contributed by atoms with Gasteiger partial charge in [-0.3, -0.25) is 9.48 Å². The van der Waals surface area contributed by atoms with Gasteiger partial charge in [0.05, 0.1) is 12.2 Å². The predicted octanol–water partition coefficient (Wildman–Crippen LogP) is 2.33. The Bertz CT molecular complexity index is 729. The van der Waals surface area contributed by atoms with Crippen LogP contribution < -0.4 is 5.32 Å². The molecule has 3 unspecified atom stereocenters. The Balaban J connectivity index is 1.53. The van der Waals surface area contributed by atoms with Crippen molar-refractivity contribution in [3.05, 3.63) is 30.5 Å². The van der Waals surface area contributed by atoms with E-state index in [0.717, 1.165) is 32.2 Å². The molecule has 122 valence electrons. The number of fused-ring (bicyclic) bond motifs is 1. The second kappa shape index (κ2) is 5.22. The van der Waals surface area contributed by atoms with E-state index in [2.05, 4.69) is 28.4 Å². The van der Waals surface area contributed by atoms with Crippen LogP contribution in [0.1, 0.15) is 38.3 Å². The number of hydrogen-bond acceptors (Lipinski definition) is 3. The van der Waals surface area contributed by atoms with Crippen LogP contribution in [0.3, 0.4) is 0 Å². The first kappa shape index (κ1) is 14.5. The second-order valence-corrected chi connectivity index (χ2v) is 6.96. The van der Waals surface area contributed by atoms with Gasteiger partial charge in [0, 0.05) is 37.1 Å². The number of hydrogen-bond donors (Lipinski definition) is 1. The van der Waals surface area contributed by atoms with Gasteiger partial charge < -0.3 is 9.88 Å². The molecule has 1 N–H and O–H groups in total. The minimum Gasteiger partial charge on any atom is -0.335 e. The molecule has 3 aliphatic rings. The molecule has 0 radical (unpaired) electrons. The normalized spacial score (nSPS) is 28.6. The number of carbonyl (C=O) groups excluding carboxylic acids is 1. The number of aromatic nitrogens is 4. The summed E-state index contributed by atoms with van der Waals surface area (Å²) in [4.78, 5) is 17.1. The Hall–Kier alpha value is -2.11. The summed E-state index contributed by atoms with van der Waals surface area (Å²) in [6, 6.07) is 2.07. The molecule has 6 heteroatoms. The second-order valence-electron chi connectivity index (χ2n) is 6.96. The van der Waals surface area contributed by atoms with Crippen LogP contribution in [-0.2, 0) is 23.8 Å². The van der Waals surface area contributed by atoms with E-state index >= 15 is 0 Å². The maximum atomic E-state index is 12.8. The van der Waals surface area contributed by atoms with Crippen LogP contribution >= 0.6 is 0 Å². The van der Waals surface area contributed by atoms with Crippen molar-refractivity contribution in [2.75, 3.05) is 5.32 Å². The highest BCUT2D eigenvalue weighted by Gasteiger charge is 2.63. The predicted molar refractivity (Wildman–Crippen MR) is 86.9 cm³/mol. The van der Waals surface area contributed by atoms with Gasteiger partial charge in [0.25, 0.3) is 0 Å². The van der Waals surface area contributed by atoms with Crippen LogP contribution in [0.4, 0.5) is 5.82 Å². The summed E-state index contributed by atoms with van der Waals surface area (Å²) in [5, 5.41) is 7.33. The van der Waals surface area contributed by atoms with E-state index in [9.17, 15) is 4.79 Å². The van der Waals surface area contributed by atoms with E-state index in [1.165, 1.54) is 5.69 Å². The molecule has 3 aliphatic carbocycles. The van der Waals surface area contributed by atoms with Gasteiger partial charge in [0.1, 0.15) is 0 Å². The summed E-state index contributed by atoms with van der Waals surface area (Å²) in [6.45, 7) is 3.05. The fraction of sp³-hybridized carbons (Fsp3) is 0.588. The van der Waals surface area contributed by atoms with Gasteiger partial charge in [-0.2, -0.15) is 5.10 Å². The highest BCUT2D eigenvalue weighted by molar-refractivity contribution is 5.94. The third-order valence-corrected chi connectivity index (χ3v) is 5.63. The van der Waals surface area contributed by atoms with Crippen LogP contribution in [-0.4, -0.2) is 25.2 Å². The lowest BCUT2D eigenvalue weighted by atomic mass is 9.58. The van der Waals surface area contributed by atoms with Crippen molar-refractivity contribution >= 4 is 11.7 Å². The minimum atomic E-state index is -0.0218. The zero-order valence-corrected chi connectivity index (χ0v) is 13.7. The molecule has 23 heavy (non-hydrogen) atoms. The lowest BCUT2D eigenvalue weighted by Crippen LogP contribution is -2.51. The highest BCUT2D eigenvalue weighted by atomic mass is 16.2. The Kier molecular flexibility index (Phi) is 3.28. The molecular weight excluding hydrogens is 290 g/mol. The average Bonchev–Trinajstić information content (AvgIpc) is 3.22. The molecule has 0 saturated heterocycles. The summed E-state index contributed by atoms with van der Waals surface area (Å²) in [6.07, 6.45) is 9.90. The Morgan fingerprint density at radius 1 is 1.52 bits per heavy atom. The molecule has 0 aromatic carbocycles. The molecule has 2 bridgehead atoms. The van der Waals surface area contributed by atoms with E-state index in [0.29, 0.717) is 11.7 Å². The Morgan fingerprint density at radius 2 is 2.39 bits per heavy atom. The molecule has 5 rings (SSSR count). The van der Waals surface area contributed by atoms with Crippen molar-refractivity contribution in [3.63, 3.8) is 0 Å². The van der Waals surface area contributed by atoms with Gasteiger partial charge in [0.15, 0.2) is 5.82 Å². The topological polar surface area (TPSA) is 64.7 Å². The van der Waals surface area contributed by atoms with Crippen molar-refractivity contribution in [3.8, 4) is 0 Å². The molecule has 0 spiro atoms.